The molecule has 0 N–H and O–H groups in total. The van der Waals surface area contributed by atoms with Gasteiger partial charge < -0.3 is 4.90 Å². The monoisotopic (exact) mass is 348 g/mol. The first kappa shape index (κ1) is 16.5. The summed E-state index contributed by atoms with van der Waals surface area (Å²) >= 11 is 0. The number of allylic oxidation sites excluding steroid dienone is 4. The predicted molar refractivity (Wildman–Crippen MR) is 100 cm³/mol. The second kappa shape index (κ2) is 6.09. The largest absolute Gasteiger partial charge is 0.330 e. The number of Topliss-reactive ketones (excluding diaryl/α,β-unsaturated/α-hetero) is 1. The van der Waals surface area contributed by atoms with Crippen molar-refractivity contribution in [3.05, 3.63) is 81.7 Å². The summed E-state index contributed by atoms with van der Waals surface area (Å²) in [4.78, 5) is 26.0. The number of hydrogen-bond acceptors (Lipinski definition) is 4. The molecule has 1 aromatic rings. The fourth-order valence-corrected chi connectivity index (χ4v) is 3.97. The van der Waals surface area contributed by atoms with Crippen molar-refractivity contribution in [1.29, 1.82) is 0 Å². The third kappa shape index (κ3) is 2.43. The number of hydrogen-bond donors (Lipinski definition) is 0. The van der Waals surface area contributed by atoms with Gasteiger partial charge in [0.1, 0.15) is 5.54 Å². The zero-order chi connectivity index (χ0) is 18.3. The van der Waals surface area contributed by atoms with Gasteiger partial charge in [-0.2, -0.15) is 0 Å². The number of nitrogens with zero attached hydrogens (tertiary/aromatic N) is 2. The van der Waals surface area contributed by atoms with Crippen molar-refractivity contribution in [1.82, 2.24) is 4.90 Å². The Morgan fingerprint density at radius 3 is 2.58 bits per heavy atom. The van der Waals surface area contributed by atoms with Crippen LogP contribution in [0.15, 0.2) is 66.0 Å². The lowest BCUT2D eigenvalue weighted by Crippen LogP contribution is -2.43. The van der Waals surface area contributed by atoms with E-state index in [4.69, 9.17) is 0 Å². The highest BCUT2D eigenvalue weighted by Crippen LogP contribution is 2.46. The Morgan fingerprint density at radius 1 is 1.15 bits per heavy atom. The maximum atomic E-state index is 13.4. The van der Waals surface area contributed by atoms with Gasteiger partial charge in [-0.05, 0) is 62.0 Å². The smallest absolute Gasteiger partial charge is 0.269 e. The molecule has 5 nitrogen and oxygen atoms in total. The summed E-state index contributed by atoms with van der Waals surface area (Å²) in [6, 6.07) is 6.30. The van der Waals surface area contributed by atoms with Crippen LogP contribution >= 0.6 is 0 Å². The van der Waals surface area contributed by atoms with Crippen molar-refractivity contribution in [3.8, 4) is 0 Å². The predicted octanol–water partition coefficient (Wildman–Crippen LogP) is 4.53. The minimum absolute atomic E-state index is 0.0296. The summed E-state index contributed by atoms with van der Waals surface area (Å²) in [6.07, 6.45) is 14.2. The van der Waals surface area contributed by atoms with Gasteiger partial charge in [0, 0.05) is 18.3 Å². The molecule has 1 atom stereocenters. The summed E-state index contributed by atoms with van der Waals surface area (Å²) in [5, 5.41) is 11.0. The van der Waals surface area contributed by atoms with Crippen molar-refractivity contribution in [2.24, 2.45) is 0 Å². The van der Waals surface area contributed by atoms with Crippen LogP contribution in [-0.2, 0) is 4.79 Å². The number of benzene rings is 1. The Kier molecular flexibility index (Phi) is 3.87. The zero-order valence-corrected chi connectivity index (χ0v) is 14.6. The third-order valence-corrected chi connectivity index (χ3v) is 5.39. The molecule has 2 heterocycles. The van der Waals surface area contributed by atoms with E-state index in [-0.39, 0.29) is 11.5 Å². The second-order valence-electron chi connectivity index (χ2n) is 7.05. The molecule has 0 saturated heterocycles. The lowest BCUT2D eigenvalue weighted by atomic mass is 9.89. The summed E-state index contributed by atoms with van der Waals surface area (Å²) in [5.74, 6) is 0.0356. The molecule has 3 aliphatic rings. The van der Waals surface area contributed by atoms with Crippen LogP contribution in [0.5, 0.6) is 0 Å². The highest BCUT2D eigenvalue weighted by molar-refractivity contribution is 6.29. The number of fused-ring (bicyclic) bond motifs is 1. The molecule has 0 saturated carbocycles. The maximum Gasteiger partial charge on any atom is 0.269 e. The van der Waals surface area contributed by atoms with Crippen molar-refractivity contribution in [2.75, 3.05) is 0 Å². The first-order chi connectivity index (χ1) is 12.5. The van der Waals surface area contributed by atoms with E-state index >= 15 is 0 Å². The standard InChI is InChI=1S/C21H20N2O3/c1-21-13-5-6-14-22(21)19(16-7-3-2-4-8-16)18(20(21)24)15-9-11-17(12-10-15)23(25)26/h5-7,9-14H,2-4,8H2,1H3. The number of ketones is 1. The molecule has 0 radical (unpaired) electrons. The van der Waals surface area contributed by atoms with Gasteiger partial charge in [0.2, 0.25) is 0 Å². The minimum Gasteiger partial charge on any atom is -0.330 e. The second-order valence-corrected chi connectivity index (χ2v) is 7.05. The van der Waals surface area contributed by atoms with Gasteiger partial charge in [0.05, 0.1) is 16.2 Å². The summed E-state index contributed by atoms with van der Waals surface area (Å²) in [6.45, 7) is 1.93. The van der Waals surface area contributed by atoms with Crippen LogP contribution in [0, 0.1) is 10.1 Å². The molecule has 0 fully saturated rings. The minimum atomic E-state index is -0.737. The van der Waals surface area contributed by atoms with Crippen molar-refractivity contribution < 1.29 is 9.72 Å². The van der Waals surface area contributed by atoms with Crippen molar-refractivity contribution in [3.63, 3.8) is 0 Å². The molecule has 1 aromatic carbocycles. The van der Waals surface area contributed by atoms with Crippen LogP contribution in [0.1, 0.15) is 38.2 Å². The van der Waals surface area contributed by atoms with E-state index in [1.54, 1.807) is 12.1 Å². The molecule has 1 unspecified atom stereocenters. The fraction of sp³-hybridized carbons (Fsp3) is 0.286. The van der Waals surface area contributed by atoms with Crippen LogP contribution in [0.2, 0.25) is 0 Å². The van der Waals surface area contributed by atoms with Gasteiger partial charge in [0.25, 0.3) is 5.69 Å². The molecule has 0 bridgehead atoms. The Morgan fingerprint density at radius 2 is 1.92 bits per heavy atom. The van der Waals surface area contributed by atoms with E-state index in [1.165, 1.54) is 24.1 Å². The number of nitro benzene ring substituents is 1. The van der Waals surface area contributed by atoms with Crippen LogP contribution in [0.3, 0.4) is 0 Å². The zero-order valence-electron chi connectivity index (χ0n) is 14.6. The van der Waals surface area contributed by atoms with Crippen molar-refractivity contribution >= 4 is 17.0 Å². The summed E-state index contributed by atoms with van der Waals surface area (Å²) < 4.78 is 0. The third-order valence-electron chi connectivity index (χ3n) is 5.39. The van der Waals surface area contributed by atoms with Gasteiger partial charge >= 0.3 is 0 Å². The molecule has 4 rings (SSSR count). The molecule has 5 heteroatoms. The van der Waals surface area contributed by atoms with Crippen LogP contribution in [-0.4, -0.2) is 21.1 Å². The maximum absolute atomic E-state index is 13.4. The number of carbonyl (C=O) groups is 1. The highest BCUT2D eigenvalue weighted by atomic mass is 16.6. The van der Waals surface area contributed by atoms with Crippen LogP contribution < -0.4 is 0 Å². The van der Waals surface area contributed by atoms with Crippen LogP contribution in [0.4, 0.5) is 5.69 Å². The van der Waals surface area contributed by atoms with E-state index in [9.17, 15) is 14.9 Å². The summed E-state index contributed by atoms with van der Waals surface area (Å²) in [5.41, 5.74) is 2.83. The van der Waals surface area contributed by atoms with E-state index in [2.05, 4.69) is 11.0 Å². The molecule has 1 aliphatic carbocycles. The molecular weight excluding hydrogens is 328 g/mol. The van der Waals surface area contributed by atoms with Gasteiger partial charge in [-0.3, -0.25) is 14.9 Å². The van der Waals surface area contributed by atoms with Gasteiger partial charge in [-0.15, -0.1) is 0 Å². The molecule has 2 aliphatic heterocycles. The molecule has 132 valence electrons. The van der Waals surface area contributed by atoms with Gasteiger partial charge in [0.15, 0.2) is 5.78 Å². The Bertz CT molecular complexity index is 906. The normalized spacial score (nSPS) is 24.7. The Labute approximate surface area is 152 Å². The lowest BCUT2D eigenvalue weighted by Gasteiger charge is -2.35. The fourth-order valence-electron chi connectivity index (χ4n) is 3.97. The number of carbonyl (C=O) groups excluding carboxylic acids is 1. The van der Waals surface area contributed by atoms with E-state index in [1.807, 2.05) is 31.4 Å². The Hall–Kier alpha value is -2.95. The van der Waals surface area contributed by atoms with E-state index in [0.29, 0.717) is 5.57 Å². The number of non-ortho nitro benzene ring substituents is 1. The number of rotatable bonds is 3. The average molecular weight is 348 g/mol. The molecular formula is C21H20N2O3. The Balaban J connectivity index is 1.90. The molecule has 0 spiro atoms. The highest BCUT2D eigenvalue weighted by Gasteiger charge is 2.48. The van der Waals surface area contributed by atoms with Gasteiger partial charge in [-0.1, -0.05) is 18.2 Å². The molecule has 26 heavy (non-hydrogen) atoms. The molecule has 0 amide bonds. The van der Waals surface area contributed by atoms with E-state index < -0.39 is 10.5 Å². The SMILES string of the molecule is CC12C=CC=CN1C(C1=CCCCC1)=C(c1ccc([N+](=O)[O-])cc1)C2=O. The van der Waals surface area contributed by atoms with Crippen LogP contribution in [0.25, 0.3) is 5.57 Å². The first-order valence-electron chi connectivity index (χ1n) is 8.91. The van der Waals surface area contributed by atoms with E-state index in [0.717, 1.165) is 30.5 Å². The quantitative estimate of drug-likeness (QED) is 0.594. The van der Waals surface area contributed by atoms with Crippen molar-refractivity contribution in [2.45, 2.75) is 38.1 Å². The summed E-state index contributed by atoms with van der Waals surface area (Å²) in [7, 11) is 0. The number of nitro groups is 1. The lowest BCUT2D eigenvalue weighted by molar-refractivity contribution is -0.384. The van der Waals surface area contributed by atoms with Gasteiger partial charge in [-0.25, -0.2) is 0 Å². The molecule has 0 aromatic heterocycles. The topological polar surface area (TPSA) is 63.4 Å². The average Bonchev–Trinajstić information content (AvgIpc) is 2.90. The first-order valence-corrected chi connectivity index (χ1v) is 8.91.